The molecular formula is C30H24F2N4O4. The normalized spacial score (nSPS) is 10.9. The molecule has 2 N–H and O–H groups in total. The van der Waals surface area contributed by atoms with E-state index in [9.17, 15) is 14.3 Å². The van der Waals surface area contributed by atoms with Gasteiger partial charge in [-0.2, -0.15) is 0 Å². The number of ether oxygens (including phenoxy) is 2. The maximum absolute atomic E-state index is 15.1. The second kappa shape index (κ2) is 10.6. The molecule has 2 aromatic carbocycles. The molecule has 0 aliphatic carbocycles. The van der Waals surface area contributed by atoms with E-state index in [4.69, 9.17) is 9.47 Å². The molecule has 0 aliphatic heterocycles. The fraction of sp³-hybridized carbons (Fsp3) is 0.133. The van der Waals surface area contributed by atoms with E-state index in [1.165, 1.54) is 43.8 Å². The Bertz CT molecular complexity index is 1790. The van der Waals surface area contributed by atoms with Crippen molar-refractivity contribution in [3.63, 3.8) is 0 Å². The largest absolute Gasteiger partial charge is 0.506 e. The molecule has 0 unspecified atom stereocenters. The number of nitrogens with one attached hydrogen (secondary N) is 1. The van der Waals surface area contributed by atoms with Crippen LogP contribution < -0.4 is 14.8 Å². The van der Waals surface area contributed by atoms with Crippen LogP contribution in [0.1, 0.15) is 27.3 Å². The summed E-state index contributed by atoms with van der Waals surface area (Å²) in [5.41, 5.74) is 2.96. The number of hydrogen-bond donors (Lipinski definition) is 2. The van der Waals surface area contributed by atoms with E-state index in [0.29, 0.717) is 39.2 Å². The van der Waals surface area contributed by atoms with Gasteiger partial charge in [0.1, 0.15) is 28.4 Å². The van der Waals surface area contributed by atoms with Gasteiger partial charge in [0.25, 0.3) is 5.91 Å². The van der Waals surface area contributed by atoms with Crippen LogP contribution in [0.4, 0.5) is 14.5 Å². The van der Waals surface area contributed by atoms with E-state index in [0.717, 1.165) is 6.07 Å². The van der Waals surface area contributed by atoms with Crippen LogP contribution in [-0.4, -0.2) is 33.1 Å². The number of amides is 1. The highest BCUT2D eigenvalue weighted by Crippen LogP contribution is 2.37. The average Bonchev–Trinajstić information content (AvgIpc) is 2.91. The van der Waals surface area contributed by atoms with Crippen molar-refractivity contribution in [2.75, 3.05) is 12.4 Å². The predicted octanol–water partition coefficient (Wildman–Crippen LogP) is 6.65. The monoisotopic (exact) mass is 542 g/mol. The molecular weight excluding hydrogens is 518 g/mol. The molecule has 8 nitrogen and oxygen atoms in total. The van der Waals surface area contributed by atoms with Gasteiger partial charge in [0.15, 0.2) is 17.3 Å². The van der Waals surface area contributed by atoms with E-state index in [1.54, 1.807) is 39.0 Å². The molecule has 40 heavy (non-hydrogen) atoms. The van der Waals surface area contributed by atoms with Gasteiger partial charge in [0, 0.05) is 41.3 Å². The van der Waals surface area contributed by atoms with E-state index in [-0.39, 0.29) is 40.0 Å². The Hall–Kier alpha value is -5.12. The van der Waals surface area contributed by atoms with Crippen molar-refractivity contribution in [2.45, 2.75) is 20.8 Å². The average molecular weight is 543 g/mol. The highest BCUT2D eigenvalue weighted by molar-refractivity contribution is 6.08. The van der Waals surface area contributed by atoms with Crippen molar-refractivity contribution in [3.8, 4) is 34.1 Å². The molecule has 0 aliphatic rings. The second-order valence-electron chi connectivity index (χ2n) is 9.10. The molecule has 10 heteroatoms. The van der Waals surface area contributed by atoms with Crippen LogP contribution in [0.5, 0.6) is 23.0 Å². The Balaban J connectivity index is 1.41. The number of aryl methyl sites for hydroxylation is 3. The minimum atomic E-state index is -0.735. The van der Waals surface area contributed by atoms with Gasteiger partial charge in [-0.1, -0.05) is 6.07 Å². The number of halogens is 2. The summed E-state index contributed by atoms with van der Waals surface area (Å²) in [6, 6.07) is 11.6. The molecule has 0 bridgehead atoms. The third kappa shape index (κ3) is 4.98. The van der Waals surface area contributed by atoms with Crippen LogP contribution in [0.2, 0.25) is 0 Å². The first-order valence-electron chi connectivity index (χ1n) is 12.2. The number of fused-ring (bicyclic) bond motifs is 1. The summed E-state index contributed by atoms with van der Waals surface area (Å²) in [4.78, 5) is 26.1. The van der Waals surface area contributed by atoms with Crippen LogP contribution in [0.25, 0.3) is 22.2 Å². The number of hydrogen-bond acceptors (Lipinski definition) is 7. The fourth-order valence-electron chi connectivity index (χ4n) is 4.40. The number of aromatic nitrogens is 3. The van der Waals surface area contributed by atoms with Gasteiger partial charge in [-0.3, -0.25) is 14.8 Å². The molecule has 0 fully saturated rings. The Kier molecular flexibility index (Phi) is 7.00. The number of aromatic hydroxyl groups is 1. The van der Waals surface area contributed by atoms with Crippen molar-refractivity contribution < 1.29 is 28.2 Å². The van der Waals surface area contributed by atoms with Gasteiger partial charge in [-0.05, 0) is 56.2 Å². The van der Waals surface area contributed by atoms with Crippen molar-refractivity contribution in [1.82, 2.24) is 15.0 Å². The smallest absolute Gasteiger partial charge is 0.261 e. The number of rotatable bonds is 6. The summed E-state index contributed by atoms with van der Waals surface area (Å²) < 4.78 is 39.8. The number of pyridine rings is 3. The molecule has 0 saturated heterocycles. The quantitative estimate of drug-likeness (QED) is 0.247. The zero-order chi connectivity index (χ0) is 28.6. The Morgan fingerprint density at radius 1 is 0.925 bits per heavy atom. The zero-order valence-electron chi connectivity index (χ0n) is 22.0. The molecule has 0 atom stereocenters. The van der Waals surface area contributed by atoms with Crippen molar-refractivity contribution in [3.05, 3.63) is 95.1 Å². The SMILES string of the molecule is COc1cnc2c(Oc3ccc(NC(=O)c4c(C)nc(C)c(-c5ccc(F)c(C)c5)c4O)cc3F)ccnc2c1. The summed E-state index contributed by atoms with van der Waals surface area (Å²) in [5.74, 6) is -1.39. The summed E-state index contributed by atoms with van der Waals surface area (Å²) >= 11 is 0. The molecule has 0 radical (unpaired) electrons. The Morgan fingerprint density at radius 2 is 1.73 bits per heavy atom. The lowest BCUT2D eigenvalue weighted by Crippen LogP contribution is -2.15. The first-order valence-corrected chi connectivity index (χ1v) is 12.2. The summed E-state index contributed by atoms with van der Waals surface area (Å²) in [5, 5.41) is 13.7. The van der Waals surface area contributed by atoms with Gasteiger partial charge in [-0.25, -0.2) is 13.8 Å². The van der Waals surface area contributed by atoms with Gasteiger partial charge in [0.2, 0.25) is 0 Å². The van der Waals surface area contributed by atoms with Crippen molar-refractivity contribution in [2.24, 2.45) is 0 Å². The number of benzene rings is 2. The second-order valence-corrected chi connectivity index (χ2v) is 9.10. The van der Waals surface area contributed by atoms with Crippen molar-refractivity contribution >= 4 is 22.6 Å². The van der Waals surface area contributed by atoms with Gasteiger partial charge in [-0.15, -0.1) is 0 Å². The first-order chi connectivity index (χ1) is 19.2. The van der Waals surface area contributed by atoms with E-state index >= 15 is 4.39 Å². The molecule has 1 amide bonds. The Morgan fingerprint density at radius 3 is 2.45 bits per heavy atom. The number of nitrogens with zero attached hydrogens (tertiary/aromatic N) is 3. The van der Waals surface area contributed by atoms with Gasteiger partial charge >= 0.3 is 0 Å². The van der Waals surface area contributed by atoms with Crippen LogP contribution in [0.3, 0.4) is 0 Å². The topological polar surface area (TPSA) is 106 Å². The van der Waals surface area contributed by atoms with E-state index in [2.05, 4.69) is 20.3 Å². The zero-order valence-corrected chi connectivity index (χ0v) is 22.0. The lowest BCUT2D eigenvalue weighted by molar-refractivity contribution is 0.102. The highest BCUT2D eigenvalue weighted by atomic mass is 19.1. The van der Waals surface area contributed by atoms with Crippen LogP contribution >= 0.6 is 0 Å². The number of carbonyl (C=O) groups excluding carboxylic acids is 1. The molecule has 3 aromatic heterocycles. The predicted molar refractivity (Wildman–Crippen MR) is 146 cm³/mol. The standard InChI is InChI=1S/C30H24F2N4O4/c1-15-11-18(5-7-21(15)31)26-16(2)35-17(3)27(29(26)37)30(38)36-19-6-8-24(22(32)12-19)40-25-9-10-33-23-13-20(39-4)14-34-28(23)25/h5-14H,1-4H3,(H,35,37)(H,36,38). The van der Waals surface area contributed by atoms with Crippen molar-refractivity contribution in [1.29, 1.82) is 0 Å². The summed E-state index contributed by atoms with van der Waals surface area (Å²) in [6.07, 6.45) is 3.02. The molecule has 3 heterocycles. The van der Waals surface area contributed by atoms with E-state index < -0.39 is 11.7 Å². The molecule has 0 spiro atoms. The molecule has 5 rings (SSSR count). The van der Waals surface area contributed by atoms with Gasteiger partial charge in [0.05, 0.1) is 24.5 Å². The van der Waals surface area contributed by atoms with Crippen LogP contribution in [0, 0.1) is 32.4 Å². The Labute approximate surface area is 228 Å². The number of carbonyl (C=O) groups is 1. The lowest BCUT2D eigenvalue weighted by Gasteiger charge is -2.16. The van der Waals surface area contributed by atoms with Gasteiger partial charge < -0.3 is 19.9 Å². The number of methoxy groups -OCH3 is 1. The maximum atomic E-state index is 15.1. The maximum Gasteiger partial charge on any atom is 0.261 e. The third-order valence-corrected chi connectivity index (χ3v) is 6.37. The van der Waals surface area contributed by atoms with E-state index in [1.807, 2.05) is 0 Å². The molecule has 5 aromatic rings. The fourth-order valence-corrected chi connectivity index (χ4v) is 4.40. The minimum absolute atomic E-state index is 0.0759. The lowest BCUT2D eigenvalue weighted by atomic mass is 9.97. The van der Waals surface area contributed by atoms with Crippen LogP contribution in [0.15, 0.2) is 60.9 Å². The minimum Gasteiger partial charge on any atom is -0.506 e. The summed E-state index contributed by atoms with van der Waals surface area (Å²) in [7, 11) is 1.52. The first kappa shape index (κ1) is 26.5. The third-order valence-electron chi connectivity index (χ3n) is 6.37. The molecule has 202 valence electrons. The molecule has 0 saturated carbocycles. The highest BCUT2D eigenvalue weighted by Gasteiger charge is 2.23. The van der Waals surface area contributed by atoms with Crippen LogP contribution in [-0.2, 0) is 0 Å². The number of anilines is 1. The summed E-state index contributed by atoms with van der Waals surface area (Å²) in [6.45, 7) is 4.88.